The number of carbonyl (C=O) groups is 2. The van der Waals surface area contributed by atoms with Gasteiger partial charge in [0.15, 0.2) is 6.10 Å². The van der Waals surface area contributed by atoms with Crippen molar-refractivity contribution in [3.8, 4) is 5.75 Å². The standard InChI is InChI=1S/C16H14FN3O3/c1-9-15(21)19-13-8-10(6-7-14(13)23-9)18-16(22)20-12-5-3-2-4-11(12)17/h2-9H,1H3,(H,19,21)(H2,18,20,22). The molecule has 0 radical (unpaired) electrons. The number of ether oxygens (including phenoxy) is 1. The fourth-order valence-electron chi connectivity index (χ4n) is 2.13. The van der Waals surface area contributed by atoms with Crippen LogP contribution in [-0.2, 0) is 4.79 Å². The highest BCUT2D eigenvalue weighted by molar-refractivity contribution is 6.02. The van der Waals surface area contributed by atoms with Gasteiger partial charge >= 0.3 is 6.03 Å². The number of benzene rings is 2. The first-order chi connectivity index (χ1) is 11.0. The number of amides is 3. The van der Waals surface area contributed by atoms with E-state index >= 15 is 0 Å². The maximum atomic E-state index is 13.5. The summed E-state index contributed by atoms with van der Waals surface area (Å²) in [6.45, 7) is 1.65. The number of hydrogen-bond acceptors (Lipinski definition) is 3. The van der Waals surface area contributed by atoms with E-state index in [1.165, 1.54) is 18.2 Å². The van der Waals surface area contributed by atoms with E-state index < -0.39 is 18.0 Å². The molecule has 2 aromatic carbocycles. The summed E-state index contributed by atoms with van der Waals surface area (Å²) >= 11 is 0. The smallest absolute Gasteiger partial charge is 0.323 e. The average Bonchev–Trinajstić information content (AvgIpc) is 2.51. The molecule has 0 bridgehead atoms. The highest BCUT2D eigenvalue weighted by atomic mass is 19.1. The molecule has 7 heteroatoms. The van der Waals surface area contributed by atoms with Crippen LogP contribution in [0.1, 0.15) is 6.92 Å². The first-order valence-corrected chi connectivity index (χ1v) is 6.97. The van der Waals surface area contributed by atoms with Gasteiger partial charge in [-0.25, -0.2) is 9.18 Å². The molecule has 0 aliphatic carbocycles. The summed E-state index contributed by atoms with van der Waals surface area (Å²) in [5, 5.41) is 7.67. The van der Waals surface area contributed by atoms with E-state index in [0.717, 1.165) is 0 Å². The Hall–Kier alpha value is -3.09. The van der Waals surface area contributed by atoms with Crippen LogP contribution in [0.15, 0.2) is 42.5 Å². The Morgan fingerprint density at radius 3 is 2.78 bits per heavy atom. The Balaban J connectivity index is 1.71. The van der Waals surface area contributed by atoms with Gasteiger partial charge in [0.2, 0.25) is 0 Å². The van der Waals surface area contributed by atoms with Crippen LogP contribution < -0.4 is 20.7 Å². The maximum Gasteiger partial charge on any atom is 0.323 e. The SMILES string of the molecule is CC1Oc2ccc(NC(=O)Nc3ccccc3F)cc2NC1=O. The number of fused-ring (bicyclic) bond motifs is 1. The number of rotatable bonds is 2. The predicted molar refractivity (Wildman–Crippen MR) is 84.2 cm³/mol. The lowest BCUT2D eigenvalue weighted by atomic mass is 10.2. The molecule has 3 N–H and O–H groups in total. The lowest BCUT2D eigenvalue weighted by molar-refractivity contribution is -0.122. The number of anilines is 3. The predicted octanol–water partition coefficient (Wildman–Crippen LogP) is 3.19. The summed E-state index contributed by atoms with van der Waals surface area (Å²) in [4.78, 5) is 23.5. The van der Waals surface area contributed by atoms with Gasteiger partial charge in [0, 0.05) is 5.69 Å². The highest BCUT2D eigenvalue weighted by Crippen LogP contribution is 2.32. The van der Waals surface area contributed by atoms with Gasteiger partial charge in [0.05, 0.1) is 11.4 Å². The van der Waals surface area contributed by atoms with Crippen molar-refractivity contribution in [2.24, 2.45) is 0 Å². The zero-order chi connectivity index (χ0) is 16.4. The summed E-state index contributed by atoms with van der Waals surface area (Å²) < 4.78 is 18.9. The van der Waals surface area contributed by atoms with Crippen molar-refractivity contribution in [3.05, 3.63) is 48.3 Å². The molecule has 3 amide bonds. The van der Waals surface area contributed by atoms with Gasteiger partial charge in [-0.1, -0.05) is 12.1 Å². The lowest BCUT2D eigenvalue weighted by Gasteiger charge is -2.23. The van der Waals surface area contributed by atoms with Crippen LogP contribution in [0.3, 0.4) is 0 Å². The second-order valence-electron chi connectivity index (χ2n) is 5.02. The number of carbonyl (C=O) groups excluding carboxylic acids is 2. The van der Waals surface area contributed by atoms with Crippen molar-refractivity contribution in [1.29, 1.82) is 0 Å². The minimum atomic E-state index is -0.591. The van der Waals surface area contributed by atoms with E-state index in [9.17, 15) is 14.0 Å². The number of urea groups is 1. The molecule has 118 valence electrons. The molecule has 0 aromatic heterocycles. The molecule has 23 heavy (non-hydrogen) atoms. The van der Waals surface area contributed by atoms with E-state index in [-0.39, 0.29) is 11.6 Å². The molecule has 2 aromatic rings. The van der Waals surface area contributed by atoms with E-state index in [4.69, 9.17) is 4.74 Å². The van der Waals surface area contributed by atoms with Gasteiger partial charge in [-0.15, -0.1) is 0 Å². The Morgan fingerprint density at radius 1 is 1.22 bits per heavy atom. The highest BCUT2D eigenvalue weighted by Gasteiger charge is 2.23. The molecule has 0 saturated heterocycles. The number of para-hydroxylation sites is 1. The average molecular weight is 315 g/mol. The molecule has 0 fully saturated rings. The molecule has 1 aliphatic rings. The van der Waals surface area contributed by atoms with Crippen molar-refractivity contribution in [1.82, 2.24) is 0 Å². The summed E-state index contributed by atoms with van der Waals surface area (Å²) in [5.41, 5.74) is 0.987. The molecule has 0 spiro atoms. The molecule has 1 aliphatic heterocycles. The number of halogens is 1. The van der Waals surface area contributed by atoms with Gasteiger partial charge in [0.1, 0.15) is 11.6 Å². The van der Waals surface area contributed by atoms with E-state index in [1.807, 2.05) is 0 Å². The van der Waals surface area contributed by atoms with Crippen LogP contribution >= 0.6 is 0 Å². The van der Waals surface area contributed by atoms with Gasteiger partial charge < -0.3 is 20.7 Å². The third kappa shape index (κ3) is 3.23. The zero-order valence-electron chi connectivity index (χ0n) is 12.2. The summed E-state index contributed by atoms with van der Waals surface area (Å²) in [6, 6.07) is 10.1. The zero-order valence-corrected chi connectivity index (χ0v) is 12.2. The van der Waals surface area contributed by atoms with E-state index in [2.05, 4.69) is 16.0 Å². The molecule has 1 unspecified atom stereocenters. The van der Waals surface area contributed by atoms with Crippen molar-refractivity contribution in [3.63, 3.8) is 0 Å². The molecule has 6 nitrogen and oxygen atoms in total. The molecule has 1 heterocycles. The summed E-state index contributed by atoms with van der Waals surface area (Å²) in [5.74, 6) is -0.259. The van der Waals surface area contributed by atoms with Gasteiger partial charge in [-0.2, -0.15) is 0 Å². The summed E-state index contributed by atoms with van der Waals surface area (Å²) in [6.07, 6.45) is -0.564. The minimum absolute atomic E-state index is 0.0772. The van der Waals surface area contributed by atoms with Gasteiger partial charge in [-0.05, 0) is 37.3 Å². The van der Waals surface area contributed by atoms with Crippen molar-refractivity contribution >= 4 is 29.0 Å². The Labute approximate surface area is 131 Å². The molecule has 3 rings (SSSR count). The normalized spacial score (nSPS) is 15.9. The van der Waals surface area contributed by atoms with Crippen molar-refractivity contribution in [2.45, 2.75) is 13.0 Å². The van der Waals surface area contributed by atoms with Crippen molar-refractivity contribution < 1.29 is 18.7 Å². The maximum absolute atomic E-state index is 13.5. The third-order valence-corrected chi connectivity index (χ3v) is 3.29. The molecule has 0 saturated carbocycles. The fourth-order valence-corrected chi connectivity index (χ4v) is 2.13. The van der Waals surface area contributed by atoms with Crippen LogP contribution in [-0.4, -0.2) is 18.0 Å². The molecular formula is C16H14FN3O3. The molecular weight excluding hydrogens is 301 g/mol. The van der Waals surface area contributed by atoms with Crippen molar-refractivity contribution in [2.75, 3.05) is 16.0 Å². The quantitative estimate of drug-likeness (QED) is 0.796. The van der Waals surface area contributed by atoms with Crippen LogP contribution in [0, 0.1) is 5.82 Å². The second-order valence-corrected chi connectivity index (χ2v) is 5.02. The minimum Gasteiger partial charge on any atom is -0.479 e. The Kier molecular flexibility index (Phi) is 3.84. The van der Waals surface area contributed by atoms with Gasteiger partial charge in [0.25, 0.3) is 5.91 Å². The van der Waals surface area contributed by atoms with Gasteiger partial charge in [-0.3, -0.25) is 4.79 Å². The Bertz CT molecular complexity index is 779. The third-order valence-electron chi connectivity index (χ3n) is 3.29. The van der Waals surface area contributed by atoms with Crippen LogP contribution in [0.2, 0.25) is 0 Å². The van der Waals surface area contributed by atoms with Crippen LogP contribution in [0.25, 0.3) is 0 Å². The summed E-state index contributed by atoms with van der Waals surface area (Å²) in [7, 11) is 0. The monoisotopic (exact) mass is 315 g/mol. The lowest BCUT2D eigenvalue weighted by Crippen LogP contribution is -2.34. The van der Waals surface area contributed by atoms with E-state index in [1.54, 1.807) is 31.2 Å². The number of nitrogens with one attached hydrogen (secondary N) is 3. The topological polar surface area (TPSA) is 79.5 Å². The van der Waals surface area contributed by atoms with Crippen LogP contribution in [0.4, 0.5) is 26.2 Å². The first kappa shape index (κ1) is 14.8. The largest absolute Gasteiger partial charge is 0.479 e. The first-order valence-electron chi connectivity index (χ1n) is 6.97. The number of hydrogen-bond donors (Lipinski definition) is 3. The Morgan fingerprint density at radius 2 is 2.00 bits per heavy atom. The fraction of sp³-hybridized carbons (Fsp3) is 0.125. The molecule has 1 atom stereocenters. The van der Waals surface area contributed by atoms with E-state index in [0.29, 0.717) is 17.1 Å². The second kappa shape index (κ2) is 5.96. The van der Waals surface area contributed by atoms with Crippen LogP contribution in [0.5, 0.6) is 5.75 Å².